The molecule has 1 saturated heterocycles. The second-order valence-electron chi connectivity index (χ2n) is 13.2. The van der Waals surface area contributed by atoms with E-state index in [0.29, 0.717) is 30.8 Å². The first-order valence-electron chi connectivity index (χ1n) is 17.1. The van der Waals surface area contributed by atoms with E-state index in [9.17, 15) is 29.1 Å². The highest BCUT2D eigenvalue weighted by Crippen LogP contribution is 2.29. The number of primary amides is 1. The molecular formula is C38H48N4O10. The fourth-order valence-electron chi connectivity index (χ4n) is 6.43. The zero-order chi connectivity index (χ0) is 38.1. The van der Waals surface area contributed by atoms with Crippen molar-refractivity contribution in [3.8, 4) is 0 Å². The molecule has 0 unspecified atom stereocenters. The molecule has 3 amide bonds. The van der Waals surface area contributed by atoms with Crippen molar-refractivity contribution in [2.24, 2.45) is 17.6 Å². The Balaban J connectivity index is 1.70. The van der Waals surface area contributed by atoms with Crippen molar-refractivity contribution in [1.82, 2.24) is 10.6 Å². The number of ketones is 2. The van der Waals surface area contributed by atoms with Gasteiger partial charge in [-0.3, -0.25) is 19.3 Å². The molecule has 1 aromatic rings. The fraction of sp³-hybridized carbons (Fsp3) is 0.447. The SMILES string of the molecule is CO[C@H]1/C=C\C=C(/C)C(=O)NC2=CC(=O)C(NCc3cccc(N4CCOC4=O)c3)=C(C[C@@H](C)C[C@H](OC)[C@H](O)[C@@H](C)/C=C(\C)[C@@H]1OC(N)=O)C2=O. The van der Waals surface area contributed by atoms with Gasteiger partial charge in [-0.15, -0.1) is 0 Å². The third kappa shape index (κ3) is 9.84. The van der Waals surface area contributed by atoms with Crippen LogP contribution in [0.4, 0.5) is 15.3 Å². The van der Waals surface area contributed by atoms with E-state index in [0.717, 1.165) is 11.6 Å². The number of hydrogen-bond donors (Lipinski definition) is 4. The zero-order valence-corrected chi connectivity index (χ0v) is 30.3. The Hall–Kier alpha value is -5.05. The van der Waals surface area contributed by atoms with Crippen LogP contribution in [0.15, 0.2) is 82.8 Å². The third-order valence-electron chi connectivity index (χ3n) is 9.25. The van der Waals surface area contributed by atoms with Gasteiger partial charge in [0, 0.05) is 49.6 Å². The van der Waals surface area contributed by atoms with Gasteiger partial charge in [0.2, 0.25) is 11.6 Å². The largest absolute Gasteiger partial charge is 0.447 e. The predicted octanol–water partition coefficient (Wildman–Crippen LogP) is 3.51. The van der Waals surface area contributed by atoms with Gasteiger partial charge >= 0.3 is 12.2 Å². The van der Waals surface area contributed by atoms with Gasteiger partial charge in [-0.05, 0) is 55.9 Å². The number of benzene rings is 1. The molecule has 280 valence electrons. The minimum atomic E-state index is -1.02. The second kappa shape index (κ2) is 17.9. The van der Waals surface area contributed by atoms with Crippen LogP contribution in [0.1, 0.15) is 46.1 Å². The number of fused-ring (bicyclic) bond motifs is 2. The maximum absolute atomic E-state index is 14.0. The molecule has 4 rings (SSSR count). The Kier molecular flexibility index (Phi) is 13.7. The Morgan fingerprint density at radius 3 is 2.54 bits per heavy atom. The Morgan fingerprint density at radius 2 is 1.88 bits per heavy atom. The van der Waals surface area contributed by atoms with Gasteiger partial charge in [-0.2, -0.15) is 0 Å². The number of Topliss-reactive ketones (excluding diaryl/α,β-unsaturated/α-hetero) is 1. The number of ether oxygens (including phenoxy) is 4. The molecule has 0 radical (unpaired) electrons. The summed E-state index contributed by atoms with van der Waals surface area (Å²) in [5, 5.41) is 17.1. The van der Waals surface area contributed by atoms with E-state index in [1.54, 1.807) is 50.3 Å². The maximum atomic E-state index is 14.0. The first-order valence-corrected chi connectivity index (χ1v) is 17.1. The number of cyclic esters (lactones) is 1. The monoisotopic (exact) mass is 720 g/mol. The number of nitrogens with zero attached hydrogens (tertiary/aromatic N) is 1. The minimum absolute atomic E-state index is 0.0921. The van der Waals surface area contributed by atoms with Crippen LogP contribution in [0.3, 0.4) is 0 Å². The summed E-state index contributed by atoms with van der Waals surface area (Å²) in [6.45, 7) is 7.82. The molecule has 1 aliphatic carbocycles. The van der Waals surface area contributed by atoms with Crippen LogP contribution < -0.4 is 21.3 Å². The van der Waals surface area contributed by atoms with Crippen molar-refractivity contribution < 1.29 is 48.0 Å². The highest BCUT2D eigenvalue weighted by atomic mass is 16.6. The molecule has 1 fully saturated rings. The lowest BCUT2D eigenvalue weighted by Crippen LogP contribution is -2.37. The molecule has 14 heteroatoms. The number of aliphatic hydroxyl groups is 1. The molecule has 2 bridgehead atoms. The van der Waals surface area contributed by atoms with E-state index in [2.05, 4.69) is 10.6 Å². The number of anilines is 1. The highest BCUT2D eigenvalue weighted by molar-refractivity contribution is 6.23. The normalized spacial score (nSPS) is 29.3. The van der Waals surface area contributed by atoms with Gasteiger partial charge in [0.05, 0.1) is 30.1 Å². The smallest absolute Gasteiger partial charge is 0.414 e. The molecule has 0 saturated carbocycles. The number of carbonyl (C=O) groups excluding carboxylic acids is 5. The van der Waals surface area contributed by atoms with E-state index >= 15 is 0 Å². The van der Waals surface area contributed by atoms with Crippen molar-refractivity contribution in [2.45, 2.75) is 71.5 Å². The van der Waals surface area contributed by atoms with E-state index < -0.39 is 60.0 Å². The van der Waals surface area contributed by atoms with Crippen molar-refractivity contribution in [1.29, 1.82) is 0 Å². The first kappa shape index (κ1) is 39.7. The van der Waals surface area contributed by atoms with Crippen LogP contribution >= 0.6 is 0 Å². The molecule has 2 aliphatic heterocycles. The number of carbonyl (C=O) groups is 5. The summed E-state index contributed by atoms with van der Waals surface area (Å²) < 4.78 is 21.8. The van der Waals surface area contributed by atoms with Crippen LogP contribution in [0.25, 0.3) is 0 Å². The molecule has 1 aromatic carbocycles. The maximum Gasteiger partial charge on any atom is 0.414 e. The van der Waals surface area contributed by atoms with Gasteiger partial charge < -0.3 is 40.4 Å². The van der Waals surface area contributed by atoms with E-state index in [4.69, 9.17) is 24.7 Å². The molecule has 14 nitrogen and oxygen atoms in total. The number of hydrogen-bond acceptors (Lipinski definition) is 11. The lowest BCUT2D eigenvalue weighted by atomic mass is 9.85. The second-order valence-corrected chi connectivity index (χ2v) is 13.2. The summed E-state index contributed by atoms with van der Waals surface area (Å²) in [6, 6.07) is 7.21. The number of nitrogens with two attached hydrogens (primary N) is 1. The van der Waals surface area contributed by atoms with Crippen molar-refractivity contribution in [3.05, 3.63) is 88.3 Å². The first-order chi connectivity index (χ1) is 24.7. The molecule has 5 N–H and O–H groups in total. The Morgan fingerprint density at radius 1 is 1.13 bits per heavy atom. The van der Waals surface area contributed by atoms with E-state index in [-0.39, 0.29) is 41.4 Å². The molecule has 3 aliphatic rings. The summed E-state index contributed by atoms with van der Waals surface area (Å²) >= 11 is 0. The lowest BCUT2D eigenvalue weighted by molar-refractivity contribution is -0.120. The highest BCUT2D eigenvalue weighted by Gasteiger charge is 2.34. The summed E-state index contributed by atoms with van der Waals surface area (Å²) in [4.78, 5) is 66.4. The summed E-state index contributed by atoms with van der Waals surface area (Å²) in [6.07, 6.45) is 3.00. The zero-order valence-electron chi connectivity index (χ0n) is 30.3. The summed E-state index contributed by atoms with van der Waals surface area (Å²) in [5.41, 5.74) is 7.66. The van der Waals surface area contributed by atoms with Gasteiger partial charge in [0.1, 0.15) is 12.7 Å². The standard InChI is InChI=1S/C38H48N4O10/c1-21-15-27-32(40-20-25-10-8-11-26(18-25)42-13-14-51-38(42)48)29(43)19-28(34(27)45)41-36(46)22(2)9-7-12-30(49-5)35(52-37(39)47)24(4)17-23(3)33(44)31(16-21)50-6/h7-12,17-19,21,23,30-31,33,35,40,44H,13-16,20H2,1-6H3,(H2,39,47)(H,41,46)/b12-7-,22-9+,24-17+/t21-,23+,30+,31+,33-,35+/m1/s1. The minimum Gasteiger partial charge on any atom is -0.447 e. The fourth-order valence-corrected chi connectivity index (χ4v) is 6.43. The van der Waals surface area contributed by atoms with E-state index in [1.165, 1.54) is 32.1 Å². The number of allylic oxidation sites excluding steroid dienone is 4. The average molecular weight is 721 g/mol. The summed E-state index contributed by atoms with van der Waals surface area (Å²) in [7, 11) is 2.90. The Bertz CT molecular complexity index is 1710. The van der Waals surface area contributed by atoms with Gasteiger partial charge in [-0.1, -0.05) is 50.3 Å². The van der Waals surface area contributed by atoms with Crippen LogP contribution in [0.5, 0.6) is 0 Å². The molecule has 52 heavy (non-hydrogen) atoms. The van der Waals surface area contributed by atoms with Gasteiger partial charge in [0.15, 0.2) is 6.10 Å². The third-order valence-corrected chi connectivity index (χ3v) is 9.25. The van der Waals surface area contributed by atoms with Crippen LogP contribution in [0, 0.1) is 11.8 Å². The lowest BCUT2D eigenvalue weighted by Gasteiger charge is -2.30. The molecular weight excluding hydrogens is 672 g/mol. The molecule has 0 spiro atoms. The topological polar surface area (TPSA) is 196 Å². The molecule has 0 aromatic heterocycles. The number of nitrogens with one attached hydrogen (secondary N) is 2. The predicted molar refractivity (Wildman–Crippen MR) is 192 cm³/mol. The van der Waals surface area contributed by atoms with Crippen LogP contribution in [0.2, 0.25) is 0 Å². The number of aliphatic hydroxyl groups excluding tert-OH is 1. The average Bonchev–Trinajstić information content (AvgIpc) is 3.54. The number of amides is 3. The molecule has 2 heterocycles. The van der Waals surface area contributed by atoms with Crippen LogP contribution in [-0.4, -0.2) is 86.6 Å². The molecule has 6 atom stereocenters. The van der Waals surface area contributed by atoms with Gasteiger partial charge in [0.25, 0.3) is 5.91 Å². The van der Waals surface area contributed by atoms with Crippen molar-refractivity contribution in [3.63, 3.8) is 0 Å². The van der Waals surface area contributed by atoms with Crippen LogP contribution in [-0.2, 0) is 39.9 Å². The number of methoxy groups -OCH3 is 2. The van der Waals surface area contributed by atoms with E-state index in [1.807, 2.05) is 13.0 Å². The summed E-state index contributed by atoms with van der Waals surface area (Å²) in [5.74, 6) is -2.39. The quantitative estimate of drug-likeness (QED) is 0.238. The number of rotatable bonds is 7. The Labute approximate surface area is 303 Å². The van der Waals surface area contributed by atoms with Crippen molar-refractivity contribution in [2.75, 3.05) is 32.3 Å². The van der Waals surface area contributed by atoms with Crippen molar-refractivity contribution >= 4 is 35.3 Å². The van der Waals surface area contributed by atoms with Gasteiger partial charge in [-0.25, -0.2) is 9.59 Å².